The van der Waals surface area contributed by atoms with E-state index in [0.29, 0.717) is 12.8 Å². The Balaban J connectivity index is 2.16. The quantitative estimate of drug-likeness (QED) is 0.366. The predicted octanol–water partition coefficient (Wildman–Crippen LogP) is 6.42. The van der Waals surface area contributed by atoms with Gasteiger partial charge >= 0.3 is 0 Å². The van der Waals surface area contributed by atoms with E-state index in [1.54, 1.807) is 13.8 Å². The molecule has 0 aliphatic rings. The molecule has 0 bridgehead atoms. The molecule has 0 aliphatic carbocycles. The molecule has 1 atom stereocenters. The van der Waals surface area contributed by atoms with Gasteiger partial charge in [0.1, 0.15) is 5.60 Å². The third kappa shape index (κ3) is 9.52. The Hall–Kier alpha value is -1.15. The average Bonchev–Trinajstić information content (AvgIpc) is 2.63. The summed E-state index contributed by atoms with van der Waals surface area (Å²) in [5, 5.41) is 10.3. The van der Waals surface area contributed by atoms with Crippen LogP contribution in [0.2, 0.25) is 0 Å². The summed E-state index contributed by atoms with van der Waals surface area (Å²) in [5.74, 6) is -0.0908. The molecule has 2 nitrogen and oxygen atoms in total. The zero-order valence-corrected chi connectivity index (χ0v) is 17.4. The molecular weight excluding hydrogens is 320 g/mol. The molecule has 26 heavy (non-hydrogen) atoms. The maximum Gasteiger partial charge on any atom is 0.164 e. The first-order valence-electron chi connectivity index (χ1n) is 10.8. The Morgan fingerprint density at radius 1 is 0.808 bits per heavy atom. The van der Waals surface area contributed by atoms with Crippen molar-refractivity contribution < 1.29 is 9.90 Å². The number of carbonyl (C=O) groups is 1. The summed E-state index contributed by atoms with van der Waals surface area (Å²) in [7, 11) is 0. The van der Waals surface area contributed by atoms with Crippen molar-refractivity contribution in [1.82, 2.24) is 0 Å². The van der Waals surface area contributed by atoms with Crippen molar-refractivity contribution in [2.24, 2.45) is 0 Å². The van der Waals surface area contributed by atoms with Crippen LogP contribution >= 0.6 is 0 Å². The fourth-order valence-corrected chi connectivity index (χ4v) is 3.52. The average molecular weight is 361 g/mol. The van der Waals surface area contributed by atoms with Gasteiger partial charge in [-0.1, -0.05) is 95.9 Å². The molecule has 1 rings (SSSR count). The van der Waals surface area contributed by atoms with E-state index in [9.17, 15) is 9.90 Å². The molecule has 0 amide bonds. The van der Waals surface area contributed by atoms with E-state index in [2.05, 4.69) is 31.2 Å². The monoisotopic (exact) mass is 360 g/mol. The normalized spacial score (nSPS) is 13.5. The number of ketones is 1. The van der Waals surface area contributed by atoms with Crippen LogP contribution in [-0.4, -0.2) is 16.5 Å². The second-order valence-electron chi connectivity index (χ2n) is 7.98. The lowest BCUT2D eigenvalue weighted by Crippen LogP contribution is -2.36. The van der Waals surface area contributed by atoms with Crippen LogP contribution in [0.15, 0.2) is 24.3 Å². The molecule has 0 saturated heterocycles. The van der Waals surface area contributed by atoms with Gasteiger partial charge in [-0.05, 0) is 30.9 Å². The minimum atomic E-state index is -1.24. The summed E-state index contributed by atoms with van der Waals surface area (Å²) in [6.07, 6.45) is 15.6. The van der Waals surface area contributed by atoms with Crippen molar-refractivity contribution in [2.75, 3.05) is 0 Å². The fourth-order valence-electron chi connectivity index (χ4n) is 3.52. The van der Waals surface area contributed by atoms with E-state index >= 15 is 0 Å². The number of carbonyl (C=O) groups excluding carboxylic acids is 1. The topological polar surface area (TPSA) is 37.3 Å². The van der Waals surface area contributed by atoms with E-state index < -0.39 is 5.60 Å². The molecule has 1 unspecified atom stereocenters. The van der Waals surface area contributed by atoms with E-state index in [0.717, 1.165) is 12.0 Å². The first-order chi connectivity index (χ1) is 12.5. The minimum Gasteiger partial charge on any atom is -0.382 e. The van der Waals surface area contributed by atoms with E-state index in [4.69, 9.17) is 0 Å². The third-order valence-corrected chi connectivity index (χ3v) is 5.31. The highest BCUT2D eigenvalue weighted by atomic mass is 16.3. The molecule has 0 aliphatic heterocycles. The number of rotatable bonds is 15. The van der Waals surface area contributed by atoms with Gasteiger partial charge in [0.2, 0.25) is 0 Å². The summed E-state index contributed by atoms with van der Waals surface area (Å²) < 4.78 is 0. The summed E-state index contributed by atoms with van der Waals surface area (Å²) in [4.78, 5) is 11.8. The summed E-state index contributed by atoms with van der Waals surface area (Å²) in [5.41, 5.74) is 1.14. The zero-order chi connectivity index (χ0) is 19.3. The van der Waals surface area contributed by atoms with Gasteiger partial charge < -0.3 is 5.11 Å². The summed E-state index contributed by atoms with van der Waals surface area (Å²) >= 11 is 0. The van der Waals surface area contributed by atoms with Crippen LogP contribution in [0.4, 0.5) is 0 Å². The van der Waals surface area contributed by atoms with Crippen molar-refractivity contribution in [3.63, 3.8) is 0 Å². The van der Waals surface area contributed by atoms with Crippen LogP contribution in [0.5, 0.6) is 0 Å². The molecule has 148 valence electrons. The van der Waals surface area contributed by atoms with Crippen molar-refractivity contribution in [3.8, 4) is 0 Å². The zero-order valence-electron chi connectivity index (χ0n) is 17.4. The van der Waals surface area contributed by atoms with Gasteiger partial charge in [-0.25, -0.2) is 0 Å². The smallest absolute Gasteiger partial charge is 0.164 e. The van der Waals surface area contributed by atoms with Crippen molar-refractivity contribution in [3.05, 3.63) is 35.4 Å². The molecule has 0 heterocycles. The number of hydrogen-bond donors (Lipinski definition) is 1. The lowest BCUT2D eigenvalue weighted by Gasteiger charge is -2.21. The standard InChI is InChI=1S/C24H40O2/c1-4-6-7-8-9-10-11-12-13-14-15-21-16-18-22(19-17-21)20-24(3,26)23(25)5-2/h16-19,26H,4-15,20H2,1-3H3. The Kier molecular flexibility index (Phi) is 11.5. The molecule has 2 heteroatoms. The maximum absolute atomic E-state index is 11.8. The largest absolute Gasteiger partial charge is 0.382 e. The van der Waals surface area contributed by atoms with Gasteiger partial charge in [0.15, 0.2) is 5.78 Å². The maximum atomic E-state index is 11.8. The van der Waals surface area contributed by atoms with Gasteiger partial charge in [0.05, 0.1) is 0 Å². The van der Waals surface area contributed by atoms with Gasteiger partial charge in [-0.15, -0.1) is 0 Å². The predicted molar refractivity (Wildman–Crippen MR) is 112 cm³/mol. The van der Waals surface area contributed by atoms with Crippen molar-refractivity contribution in [2.45, 2.75) is 110 Å². The number of Topliss-reactive ketones (excluding diaryl/α,β-unsaturated/α-hetero) is 1. The second kappa shape index (κ2) is 13.1. The van der Waals surface area contributed by atoms with Gasteiger partial charge in [0, 0.05) is 12.8 Å². The summed E-state index contributed by atoms with van der Waals surface area (Å²) in [6, 6.07) is 8.41. The van der Waals surface area contributed by atoms with Gasteiger partial charge in [-0.2, -0.15) is 0 Å². The molecule has 0 fully saturated rings. The van der Waals surface area contributed by atoms with Gasteiger partial charge in [-0.3, -0.25) is 4.79 Å². The summed E-state index contributed by atoms with van der Waals surface area (Å²) in [6.45, 7) is 5.69. The molecule has 1 aromatic carbocycles. The van der Waals surface area contributed by atoms with Crippen LogP contribution in [0.1, 0.15) is 103 Å². The highest BCUT2D eigenvalue weighted by Gasteiger charge is 2.28. The van der Waals surface area contributed by atoms with Crippen LogP contribution in [0.25, 0.3) is 0 Å². The molecule has 0 saturated carbocycles. The minimum absolute atomic E-state index is 0.0908. The molecule has 1 aromatic rings. The highest BCUT2D eigenvalue weighted by Crippen LogP contribution is 2.18. The highest BCUT2D eigenvalue weighted by molar-refractivity contribution is 5.86. The second-order valence-corrected chi connectivity index (χ2v) is 7.98. The van der Waals surface area contributed by atoms with Gasteiger partial charge in [0.25, 0.3) is 0 Å². The molecule has 0 radical (unpaired) electrons. The first-order valence-corrected chi connectivity index (χ1v) is 10.8. The Bertz CT molecular complexity index is 487. The lowest BCUT2D eigenvalue weighted by atomic mass is 9.90. The van der Waals surface area contributed by atoms with Crippen molar-refractivity contribution >= 4 is 5.78 Å². The number of hydrogen-bond acceptors (Lipinski definition) is 2. The first kappa shape index (κ1) is 22.9. The fraction of sp³-hybridized carbons (Fsp3) is 0.708. The van der Waals surface area contributed by atoms with E-state index in [1.807, 2.05) is 0 Å². The van der Waals surface area contributed by atoms with E-state index in [-0.39, 0.29) is 5.78 Å². The number of unbranched alkanes of at least 4 members (excludes halogenated alkanes) is 9. The number of aliphatic hydroxyl groups is 1. The Labute approximate surface area is 161 Å². The van der Waals surface area contributed by atoms with Crippen LogP contribution in [0.3, 0.4) is 0 Å². The Morgan fingerprint density at radius 2 is 1.27 bits per heavy atom. The van der Waals surface area contributed by atoms with Crippen molar-refractivity contribution in [1.29, 1.82) is 0 Å². The number of benzene rings is 1. The van der Waals surface area contributed by atoms with Crippen LogP contribution in [0, 0.1) is 0 Å². The lowest BCUT2D eigenvalue weighted by molar-refractivity contribution is -0.135. The van der Waals surface area contributed by atoms with Crippen LogP contribution in [-0.2, 0) is 17.6 Å². The molecular formula is C24H40O2. The SMILES string of the molecule is CCCCCCCCCCCCc1ccc(CC(C)(O)C(=O)CC)cc1. The van der Waals surface area contributed by atoms with E-state index in [1.165, 1.54) is 69.8 Å². The molecule has 1 N–H and O–H groups in total. The number of aryl methyl sites for hydroxylation is 1. The third-order valence-electron chi connectivity index (χ3n) is 5.31. The molecule has 0 aromatic heterocycles. The Morgan fingerprint density at radius 3 is 1.77 bits per heavy atom. The van der Waals surface area contributed by atoms with Crippen LogP contribution < -0.4 is 0 Å². The molecule has 0 spiro atoms.